The summed E-state index contributed by atoms with van der Waals surface area (Å²) in [6, 6.07) is 3.35. The highest BCUT2D eigenvalue weighted by atomic mass is 32.1. The van der Waals surface area contributed by atoms with Gasteiger partial charge in [-0.1, -0.05) is 0 Å². The van der Waals surface area contributed by atoms with Crippen molar-refractivity contribution in [3.8, 4) is 21.4 Å². The van der Waals surface area contributed by atoms with Crippen molar-refractivity contribution in [2.24, 2.45) is 0 Å². The van der Waals surface area contributed by atoms with Crippen LogP contribution in [0.25, 0.3) is 21.4 Å². The second-order valence-electron chi connectivity index (χ2n) is 4.70. The second-order valence-corrected chi connectivity index (χ2v) is 6.64. The number of hydrogen-bond acceptors (Lipinski definition) is 6. The van der Waals surface area contributed by atoms with E-state index in [9.17, 15) is 26.3 Å². The van der Waals surface area contributed by atoms with Crippen LogP contribution in [0.5, 0.6) is 0 Å². The van der Waals surface area contributed by atoms with E-state index in [0.717, 1.165) is 11.4 Å². The first-order valence-corrected chi connectivity index (χ1v) is 8.09. The summed E-state index contributed by atoms with van der Waals surface area (Å²) in [6.07, 6.45) is -9.12. The lowest BCUT2D eigenvalue weighted by molar-refractivity contribution is -0.140. The maximum absolute atomic E-state index is 12.7. The van der Waals surface area contributed by atoms with E-state index < -0.39 is 22.9 Å². The number of hydrogen-bond donors (Lipinski definition) is 1. The first-order valence-electron chi connectivity index (χ1n) is 6.39. The average Bonchev–Trinajstić information content (AvgIpc) is 3.15. The van der Waals surface area contributed by atoms with Gasteiger partial charge in [0.25, 0.3) is 0 Å². The molecule has 3 rings (SSSR count). The van der Waals surface area contributed by atoms with E-state index in [4.69, 9.17) is 5.73 Å². The molecule has 0 radical (unpaired) electrons. The first kappa shape index (κ1) is 17.6. The molecule has 3 aromatic rings. The van der Waals surface area contributed by atoms with Gasteiger partial charge in [-0.2, -0.15) is 26.3 Å². The molecular formula is C13H6F6N4S2. The van der Waals surface area contributed by atoms with Crippen LogP contribution in [-0.4, -0.2) is 15.0 Å². The first-order chi connectivity index (χ1) is 11.5. The van der Waals surface area contributed by atoms with E-state index in [1.54, 1.807) is 0 Å². The number of nitrogens with two attached hydrogens (primary N) is 1. The lowest BCUT2D eigenvalue weighted by Crippen LogP contribution is -2.05. The molecule has 0 amide bonds. The number of nitrogen functional groups attached to an aromatic ring is 1. The van der Waals surface area contributed by atoms with Crippen LogP contribution in [-0.2, 0) is 12.4 Å². The molecule has 3 aromatic heterocycles. The molecule has 4 nitrogen and oxygen atoms in total. The van der Waals surface area contributed by atoms with Crippen molar-refractivity contribution in [3.05, 3.63) is 34.2 Å². The Hall–Kier alpha value is -2.21. The molecule has 25 heavy (non-hydrogen) atoms. The van der Waals surface area contributed by atoms with Crippen molar-refractivity contribution in [2.45, 2.75) is 12.4 Å². The zero-order chi connectivity index (χ0) is 18.4. The van der Waals surface area contributed by atoms with Gasteiger partial charge in [-0.25, -0.2) is 15.0 Å². The van der Waals surface area contributed by atoms with Gasteiger partial charge >= 0.3 is 12.4 Å². The summed E-state index contributed by atoms with van der Waals surface area (Å²) in [7, 11) is 0. The van der Waals surface area contributed by atoms with E-state index in [-0.39, 0.29) is 27.2 Å². The Morgan fingerprint density at radius 1 is 0.920 bits per heavy atom. The van der Waals surface area contributed by atoms with Gasteiger partial charge in [-0.3, -0.25) is 0 Å². The minimum atomic E-state index is -4.62. The molecule has 0 saturated carbocycles. The molecule has 0 unspecified atom stereocenters. The Bertz CT molecular complexity index is 841. The second kappa shape index (κ2) is 5.95. The minimum absolute atomic E-state index is 0.0757. The lowest BCUT2D eigenvalue weighted by Gasteiger charge is -2.03. The van der Waals surface area contributed by atoms with Gasteiger partial charge < -0.3 is 5.73 Å². The standard InChI is InChI=1S/C13H6F6N4S2/c14-12(15,16)7-4-24-11(22-7)10-21-5(3-9(20)23-10)6-1-2-8(25-6)13(17,18)19/h1-4H,(H2,20,21,23). The Kier molecular flexibility index (Phi) is 4.19. The van der Waals surface area contributed by atoms with Crippen LogP contribution in [0.4, 0.5) is 32.2 Å². The van der Waals surface area contributed by atoms with Crippen LogP contribution in [0, 0.1) is 0 Å². The zero-order valence-electron chi connectivity index (χ0n) is 11.8. The molecule has 0 aliphatic carbocycles. The summed E-state index contributed by atoms with van der Waals surface area (Å²) in [5.41, 5.74) is 4.58. The highest BCUT2D eigenvalue weighted by molar-refractivity contribution is 7.15. The van der Waals surface area contributed by atoms with Crippen LogP contribution in [0.2, 0.25) is 0 Å². The van der Waals surface area contributed by atoms with E-state index in [1.165, 1.54) is 12.1 Å². The fraction of sp³-hybridized carbons (Fsp3) is 0.154. The molecule has 0 fully saturated rings. The predicted molar refractivity (Wildman–Crippen MR) is 80.9 cm³/mol. The van der Waals surface area contributed by atoms with E-state index in [2.05, 4.69) is 15.0 Å². The fourth-order valence-corrected chi connectivity index (χ4v) is 3.41. The van der Waals surface area contributed by atoms with Gasteiger partial charge in [0.2, 0.25) is 0 Å². The third kappa shape index (κ3) is 3.74. The molecule has 0 aliphatic heterocycles. The monoisotopic (exact) mass is 396 g/mol. The molecule has 12 heteroatoms. The summed E-state index contributed by atoms with van der Waals surface area (Å²) < 4.78 is 76.0. The number of halogens is 6. The summed E-state index contributed by atoms with van der Waals surface area (Å²) in [6.45, 7) is 0. The molecule has 0 aliphatic rings. The topological polar surface area (TPSA) is 64.7 Å². The van der Waals surface area contributed by atoms with Crippen molar-refractivity contribution in [2.75, 3.05) is 5.73 Å². The fourth-order valence-electron chi connectivity index (χ4n) is 1.82. The third-order valence-corrected chi connectivity index (χ3v) is 4.86. The van der Waals surface area contributed by atoms with Gasteiger partial charge in [0.15, 0.2) is 16.5 Å². The minimum Gasteiger partial charge on any atom is -0.384 e. The number of thiophene rings is 1. The van der Waals surface area contributed by atoms with Crippen molar-refractivity contribution in [1.82, 2.24) is 15.0 Å². The van der Waals surface area contributed by atoms with Crippen LogP contribution in [0.1, 0.15) is 10.6 Å². The van der Waals surface area contributed by atoms with Crippen molar-refractivity contribution < 1.29 is 26.3 Å². The quantitative estimate of drug-likeness (QED) is 0.623. The largest absolute Gasteiger partial charge is 0.434 e. The SMILES string of the molecule is Nc1cc(-c2ccc(C(F)(F)F)s2)nc(-c2nc(C(F)(F)F)cs2)n1. The molecule has 0 atom stereocenters. The maximum Gasteiger partial charge on any atom is 0.434 e. The van der Waals surface area contributed by atoms with Gasteiger partial charge in [0, 0.05) is 11.4 Å². The number of rotatable bonds is 2. The molecule has 0 aromatic carbocycles. The number of alkyl halides is 6. The molecule has 132 valence electrons. The van der Waals surface area contributed by atoms with Gasteiger partial charge in [0.05, 0.1) is 10.6 Å². The van der Waals surface area contributed by atoms with E-state index >= 15 is 0 Å². The van der Waals surface area contributed by atoms with Crippen LogP contribution in [0.3, 0.4) is 0 Å². The highest BCUT2D eigenvalue weighted by Gasteiger charge is 2.34. The molecule has 2 N–H and O–H groups in total. The Morgan fingerprint density at radius 3 is 2.20 bits per heavy atom. The highest BCUT2D eigenvalue weighted by Crippen LogP contribution is 2.39. The summed E-state index contributed by atoms with van der Waals surface area (Å²) in [5, 5.41) is 0.669. The predicted octanol–water partition coefficient (Wildman–Crippen LogP) is 4.95. The lowest BCUT2D eigenvalue weighted by atomic mass is 10.3. The molecular weight excluding hydrogens is 390 g/mol. The Balaban J connectivity index is 2.01. The van der Waals surface area contributed by atoms with Gasteiger partial charge in [-0.05, 0) is 12.1 Å². The molecule has 0 bridgehead atoms. The summed E-state index contributed by atoms with van der Waals surface area (Å²) in [4.78, 5) is 10.6. The van der Waals surface area contributed by atoms with Crippen LogP contribution in [0.15, 0.2) is 23.6 Å². The number of aromatic nitrogens is 3. The van der Waals surface area contributed by atoms with Crippen LogP contribution < -0.4 is 5.73 Å². The molecule has 0 saturated heterocycles. The molecule has 0 spiro atoms. The van der Waals surface area contributed by atoms with Gasteiger partial charge in [0.1, 0.15) is 10.7 Å². The number of anilines is 1. The average molecular weight is 396 g/mol. The summed E-state index contributed by atoms with van der Waals surface area (Å²) in [5.74, 6) is -0.275. The third-order valence-electron chi connectivity index (χ3n) is 2.87. The van der Waals surface area contributed by atoms with E-state index in [1.807, 2.05) is 0 Å². The number of nitrogens with zero attached hydrogens (tertiary/aromatic N) is 3. The van der Waals surface area contributed by atoms with Crippen molar-refractivity contribution in [3.63, 3.8) is 0 Å². The Morgan fingerprint density at radius 2 is 1.64 bits per heavy atom. The Labute approximate surface area is 144 Å². The van der Waals surface area contributed by atoms with Crippen molar-refractivity contribution in [1.29, 1.82) is 0 Å². The van der Waals surface area contributed by atoms with Crippen molar-refractivity contribution >= 4 is 28.5 Å². The van der Waals surface area contributed by atoms with Gasteiger partial charge in [-0.15, -0.1) is 22.7 Å². The van der Waals surface area contributed by atoms with E-state index in [0.29, 0.717) is 22.7 Å². The number of thiazole rings is 1. The van der Waals surface area contributed by atoms with Crippen LogP contribution >= 0.6 is 22.7 Å². The smallest absolute Gasteiger partial charge is 0.384 e. The zero-order valence-corrected chi connectivity index (χ0v) is 13.4. The molecule has 3 heterocycles. The maximum atomic E-state index is 12.7. The normalized spacial score (nSPS) is 12.6. The summed E-state index contributed by atoms with van der Waals surface area (Å²) >= 11 is 1.11.